The highest BCUT2D eigenvalue weighted by atomic mass is 16.6. The van der Waals surface area contributed by atoms with Gasteiger partial charge in [-0.25, -0.2) is 4.98 Å². The Hall–Kier alpha value is -1.69. The van der Waals surface area contributed by atoms with Gasteiger partial charge in [0.15, 0.2) is 0 Å². The third-order valence-corrected chi connectivity index (χ3v) is 1.68. The molecule has 0 saturated carbocycles. The number of anilines is 1. The Balaban J connectivity index is 2.70. The van der Waals surface area contributed by atoms with Crippen molar-refractivity contribution in [3.05, 3.63) is 28.4 Å². The fourth-order valence-electron chi connectivity index (χ4n) is 0.948. The van der Waals surface area contributed by atoms with Gasteiger partial charge in [0.2, 0.25) is 0 Å². The lowest BCUT2D eigenvalue weighted by atomic mass is 10.1. The maximum Gasteiger partial charge on any atom is 0.274 e. The fourth-order valence-corrected chi connectivity index (χ4v) is 0.948. The molecule has 0 amide bonds. The number of pyridine rings is 1. The summed E-state index contributed by atoms with van der Waals surface area (Å²) in [5.41, 5.74) is 5.39. The Morgan fingerprint density at radius 3 is 2.87 bits per heavy atom. The van der Waals surface area contributed by atoms with Crippen LogP contribution in [-0.2, 0) is 0 Å². The van der Waals surface area contributed by atoms with Crippen LogP contribution in [0.25, 0.3) is 0 Å². The van der Waals surface area contributed by atoms with Crippen molar-refractivity contribution in [2.75, 3.05) is 11.9 Å². The summed E-state index contributed by atoms with van der Waals surface area (Å²) in [6.07, 6.45) is 1.39. The quantitative estimate of drug-likeness (QED) is 0.574. The summed E-state index contributed by atoms with van der Waals surface area (Å²) in [5, 5.41) is 13.4. The van der Waals surface area contributed by atoms with Gasteiger partial charge < -0.3 is 11.1 Å². The van der Waals surface area contributed by atoms with Crippen LogP contribution in [0.3, 0.4) is 0 Å². The Labute approximate surface area is 87.7 Å². The molecule has 0 aliphatic rings. The van der Waals surface area contributed by atoms with Gasteiger partial charge in [0, 0.05) is 24.3 Å². The van der Waals surface area contributed by atoms with Gasteiger partial charge >= 0.3 is 0 Å². The predicted octanol–water partition coefficient (Wildman–Crippen LogP) is 1.14. The van der Waals surface area contributed by atoms with E-state index >= 15 is 0 Å². The molecule has 0 radical (unpaired) electrons. The van der Waals surface area contributed by atoms with Gasteiger partial charge in [-0.3, -0.25) is 10.1 Å². The fraction of sp³-hybridized carbons (Fsp3) is 0.444. The van der Waals surface area contributed by atoms with Gasteiger partial charge in [-0.15, -0.1) is 0 Å². The first-order valence-corrected chi connectivity index (χ1v) is 4.52. The van der Waals surface area contributed by atoms with Crippen molar-refractivity contribution >= 4 is 11.5 Å². The second-order valence-corrected chi connectivity index (χ2v) is 4.00. The Morgan fingerprint density at radius 1 is 1.67 bits per heavy atom. The molecule has 0 aliphatic carbocycles. The molecular weight excluding hydrogens is 196 g/mol. The van der Waals surface area contributed by atoms with Crippen LogP contribution in [0.2, 0.25) is 0 Å². The Bertz CT molecular complexity index is 359. The molecule has 1 rings (SSSR count). The molecule has 0 aromatic carbocycles. The van der Waals surface area contributed by atoms with Gasteiger partial charge in [0.05, 0.1) is 11.0 Å². The highest BCUT2D eigenvalue weighted by Gasteiger charge is 2.11. The van der Waals surface area contributed by atoms with Crippen molar-refractivity contribution < 1.29 is 4.92 Å². The minimum Gasteiger partial charge on any atom is -0.368 e. The van der Waals surface area contributed by atoms with Crippen molar-refractivity contribution in [3.63, 3.8) is 0 Å². The van der Waals surface area contributed by atoms with E-state index in [1.807, 2.05) is 13.8 Å². The van der Waals surface area contributed by atoms with Crippen molar-refractivity contribution in [3.8, 4) is 0 Å². The molecule has 0 saturated heterocycles. The maximum absolute atomic E-state index is 10.5. The van der Waals surface area contributed by atoms with Crippen LogP contribution >= 0.6 is 0 Å². The van der Waals surface area contributed by atoms with Crippen LogP contribution in [-0.4, -0.2) is 22.0 Å². The Morgan fingerprint density at radius 2 is 2.33 bits per heavy atom. The van der Waals surface area contributed by atoms with E-state index in [1.54, 1.807) is 0 Å². The summed E-state index contributed by atoms with van der Waals surface area (Å²) >= 11 is 0. The van der Waals surface area contributed by atoms with Crippen LogP contribution in [0.4, 0.5) is 11.5 Å². The zero-order chi connectivity index (χ0) is 11.5. The number of nitrogens with zero attached hydrogens (tertiary/aromatic N) is 2. The average Bonchev–Trinajstić information content (AvgIpc) is 2.14. The molecule has 1 aromatic rings. The molecule has 0 atom stereocenters. The first-order valence-electron chi connectivity index (χ1n) is 4.52. The minimum atomic E-state index is -0.458. The second-order valence-electron chi connectivity index (χ2n) is 4.00. The summed E-state index contributed by atoms with van der Waals surface area (Å²) in [4.78, 5) is 14.0. The lowest BCUT2D eigenvalue weighted by Crippen LogP contribution is -2.39. The third kappa shape index (κ3) is 3.90. The molecule has 0 bridgehead atoms. The smallest absolute Gasteiger partial charge is 0.274 e. The second kappa shape index (κ2) is 4.22. The molecule has 0 unspecified atom stereocenters. The largest absolute Gasteiger partial charge is 0.368 e. The number of aromatic nitrogens is 1. The summed E-state index contributed by atoms with van der Waals surface area (Å²) in [6.45, 7) is 4.22. The molecular formula is C9H14N4O2. The van der Waals surface area contributed by atoms with E-state index < -0.39 is 4.92 Å². The Kier molecular flexibility index (Phi) is 3.21. The number of nitrogens with one attached hydrogen (secondary N) is 1. The lowest BCUT2D eigenvalue weighted by Gasteiger charge is -2.18. The van der Waals surface area contributed by atoms with Crippen molar-refractivity contribution in [1.29, 1.82) is 0 Å². The van der Waals surface area contributed by atoms with Gasteiger partial charge in [0.1, 0.15) is 5.82 Å². The lowest BCUT2D eigenvalue weighted by molar-refractivity contribution is -0.384. The first kappa shape index (κ1) is 11.4. The summed E-state index contributed by atoms with van der Waals surface area (Å²) in [7, 11) is 0. The summed E-state index contributed by atoms with van der Waals surface area (Å²) in [6, 6.07) is 2.73. The standard InChI is InChI=1S/C9H14N4O2/c1-9(2,10)6-12-8-5-7(13(14)15)3-4-11-8/h3-5H,6,10H2,1-2H3,(H,11,12). The van der Waals surface area contributed by atoms with E-state index in [4.69, 9.17) is 5.73 Å². The zero-order valence-electron chi connectivity index (χ0n) is 8.73. The van der Waals surface area contributed by atoms with E-state index in [0.29, 0.717) is 12.4 Å². The minimum absolute atomic E-state index is 0.0160. The average molecular weight is 210 g/mol. The topological polar surface area (TPSA) is 94.1 Å². The molecule has 0 aliphatic heterocycles. The molecule has 0 spiro atoms. The number of nitrogens with two attached hydrogens (primary N) is 1. The van der Waals surface area contributed by atoms with Gasteiger partial charge in [0.25, 0.3) is 5.69 Å². The molecule has 15 heavy (non-hydrogen) atoms. The highest BCUT2D eigenvalue weighted by molar-refractivity contribution is 5.44. The molecule has 1 heterocycles. The van der Waals surface area contributed by atoms with Crippen LogP contribution in [0.1, 0.15) is 13.8 Å². The first-order chi connectivity index (χ1) is 6.88. The molecule has 6 heteroatoms. The monoisotopic (exact) mass is 210 g/mol. The van der Waals surface area contributed by atoms with E-state index in [-0.39, 0.29) is 11.2 Å². The van der Waals surface area contributed by atoms with E-state index in [9.17, 15) is 10.1 Å². The van der Waals surface area contributed by atoms with Gasteiger partial charge in [-0.2, -0.15) is 0 Å². The van der Waals surface area contributed by atoms with Crippen LogP contribution in [0.15, 0.2) is 18.3 Å². The van der Waals surface area contributed by atoms with Crippen LogP contribution in [0, 0.1) is 10.1 Å². The van der Waals surface area contributed by atoms with E-state index in [0.717, 1.165) is 0 Å². The summed E-state index contributed by atoms with van der Waals surface area (Å²) < 4.78 is 0. The highest BCUT2D eigenvalue weighted by Crippen LogP contribution is 2.14. The van der Waals surface area contributed by atoms with E-state index in [2.05, 4.69) is 10.3 Å². The molecule has 6 nitrogen and oxygen atoms in total. The van der Waals surface area contributed by atoms with Crippen molar-refractivity contribution in [1.82, 2.24) is 4.98 Å². The van der Waals surface area contributed by atoms with E-state index in [1.165, 1.54) is 18.3 Å². The molecule has 0 fully saturated rings. The number of hydrogen-bond donors (Lipinski definition) is 2. The van der Waals surface area contributed by atoms with Crippen LogP contribution in [0.5, 0.6) is 0 Å². The number of nitro groups is 1. The number of hydrogen-bond acceptors (Lipinski definition) is 5. The van der Waals surface area contributed by atoms with Gasteiger partial charge in [-0.1, -0.05) is 0 Å². The summed E-state index contributed by atoms with van der Waals surface area (Å²) in [5.74, 6) is 0.461. The number of rotatable bonds is 4. The molecule has 82 valence electrons. The van der Waals surface area contributed by atoms with Crippen molar-refractivity contribution in [2.45, 2.75) is 19.4 Å². The molecule has 3 N–H and O–H groups in total. The molecule has 1 aromatic heterocycles. The van der Waals surface area contributed by atoms with Gasteiger partial charge in [-0.05, 0) is 13.8 Å². The maximum atomic E-state index is 10.5. The van der Waals surface area contributed by atoms with Crippen LogP contribution < -0.4 is 11.1 Å². The zero-order valence-corrected chi connectivity index (χ0v) is 8.73. The normalized spacial score (nSPS) is 11.1. The van der Waals surface area contributed by atoms with Crippen molar-refractivity contribution in [2.24, 2.45) is 5.73 Å². The third-order valence-electron chi connectivity index (χ3n) is 1.68. The SMILES string of the molecule is CC(C)(N)CNc1cc([N+](=O)[O-])ccn1. The predicted molar refractivity (Wildman–Crippen MR) is 57.6 cm³/mol.